The molecule has 0 N–H and O–H groups in total. The Morgan fingerprint density at radius 1 is 1.15 bits per heavy atom. The van der Waals surface area contributed by atoms with Gasteiger partial charge in [-0.25, -0.2) is 9.50 Å². The van der Waals surface area contributed by atoms with Crippen molar-refractivity contribution in [1.82, 2.24) is 14.6 Å². The number of ketones is 1. The Bertz CT molecular complexity index is 1330. The van der Waals surface area contributed by atoms with Gasteiger partial charge in [0.15, 0.2) is 11.4 Å². The second kappa shape index (κ2) is 9.80. The second-order valence-corrected chi connectivity index (χ2v) is 9.36. The molecule has 0 aliphatic heterocycles. The third-order valence-corrected chi connectivity index (χ3v) is 6.85. The highest BCUT2D eigenvalue weighted by atomic mass is 16.5. The van der Waals surface area contributed by atoms with E-state index in [2.05, 4.69) is 55.1 Å². The average molecular weight is 456 g/mol. The van der Waals surface area contributed by atoms with E-state index in [1.54, 1.807) is 23.9 Å². The SMILES string of the molecule is COc1ccc(-c2ccnc3cc(C(=O)C(C)CCC4=C(C)C(C)C=C(C)C=C4)nn23)cc1C. The first-order valence-electron chi connectivity index (χ1n) is 11.9. The molecule has 1 aliphatic carbocycles. The van der Waals surface area contributed by atoms with E-state index in [1.807, 2.05) is 32.0 Å². The van der Waals surface area contributed by atoms with Gasteiger partial charge in [-0.05, 0) is 74.9 Å². The fourth-order valence-electron chi connectivity index (χ4n) is 4.54. The second-order valence-electron chi connectivity index (χ2n) is 9.36. The van der Waals surface area contributed by atoms with E-state index >= 15 is 0 Å². The highest BCUT2D eigenvalue weighted by Gasteiger charge is 2.21. The number of aromatic nitrogens is 3. The topological polar surface area (TPSA) is 56.5 Å². The summed E-state index contributed by atoms with van der Waals surface area (Å²) in [6.45, 7) is 10.6. The molecule has 0 fully saturated rings. The maximum Gasteiger partial charge on any atom is 0.185 e. The third-order valence-electron chi connectivity index (χ3n) is 6.85. The Morgan fingerprint density at radius 2 is 1.94 bits per heavy atom. The molecule has 0 saturated heterocycles. The lowest BCUT2D eigenvalue weighted by atomic mass is 9.91. The fourth-order valence-corrected chi connectivity index (χ4v) is 4.54. The van der Waals surface area contributed by atoms with Crippen LogP contribution in [0.5, 0.6) is 5.75 Å². The highest BCUT2D eigenvalue weighted by Crippen LogP contribution is 2.29. The van der Waals surface area contributed by atoms with Crippen LogP contribution in [-0.2, 0) is 0 Å². The number of ether oxygens (including phenoxy) is 1. The summed E-state index contributed by atoms with van der Waals surface area (Å²) in [6.07, 6.45) is 10.1. The lowest BCUT2D eigenvalue weighted by molar-refractivity contribution is 0.0919. The Labute approximate surface area is 201 Å². The molecular weight excluding hydrogens is 422 g/mol. The number of nitrogens with zero attached hydrogens (tertiary/aromatic N) is 3. The highest BCUT2D eigenvalue weighted by molar-refractivity contribution is 5.96. The number of Topliss-reactive ketones (excluding diaryl/α,β-unsaturated/α-hetero) is 1. The maximum atomic E-state index is 13.3. The minimum absolute atomic E-state index is 0.0561. The quantitative estimate of drug-likeness (QED) is 0.368. The number of methoxy groups -OCH3 is 1. The Kier molecular flexibility index (Phi) is 6.82. The number of allylic oxidation sites excluding steroid dienone is 6. The van der Waals surface area contributed by atoms with Gasteiger partial charge in [0.25, 0.3) is 0 Å². The molecule has 2 unspecified atom stereocenters. The Morgan fingerprint density at radius 3 is 2.68 bits per heavy atom. The minimum Gasteiger partial charge on any atom is -0.496 e. The summed E-state index contributed by atoms with van der Waals surface area (Å²) >= 11 is 0. The fraction of sp³-hybridized carbons (Fsp3) is 0.345. The molecule has 5 heteroatoms. The van der Waals surface area contributed by atoms with Crippen molar-refractivity contribution in [2.45, 2.75) is 47.5 Å². The number of carbonyl (C=O) groups is 1. The number of aryl methyl sites for hydroxylation is 1. The zero-order valence-electron chi connectivity index (χ0n) is 20.9. The van der Waals surface area contributed by atoms with Gasteiger partial charge >= 0.3 is 0 Å². The zero-order valence-corrected chi connectivity index (χ0v) is 20.9. The van der Waals surface area contributed by atoms with Gasteiger partial charge in [-0.15, -0.1) is 0 Å². The van der Waals surface area contributed by atoms with Crippen molar-refractivity contribution in [3.63, 3.8) is 0 Å². The first-order chi connectivity index (χ1) is 16.3. The molecule has 2 heterocycles. The summed E-state index contributed by atoms with van der Waals surface area (Å²) < 4.78 is 7.15. The van der Waals surface area contributed by atoms with Gasteiger partial charge < -0.3 is 4.74 Å². The normalized spacial score (nSPS) is 17.0. The molecule has 1 aromatic carbocycles. The van der Waals surface area contributed by atoms with Gasteiger partial charge in [0.1, 0.15) is 11.4 Å². The predicted octanol–water partition coefficient (Wildman–Crippen LogP) is 6.78. The van der Waals surface area contributed by atoms with E-state index in [9.17, 15) is 4.79 Å². The molecule has 176 valence electrons. The Hall–Kier alpha value is -3.47. The molecule has 34 heavy (non-hydrogen) atoms. The molecule has 0 spiro atoms. The molecule has 0 radical (unpaired) electrons. The van der Waals surface area contributed by atoms with Gasteiger partial charge in [0, 0.05) is 23.7 Å². The van der Waals surface area contributed by atoms with Crippen molar-refractivity contribution in [3.8, 4) is 17.0 Å². The summed E-state index contributed by atoms with van der Waals surface area (Å²) in [6, 6.07) is 9.73. The van der Waals surface area contributed by atoms with Crippen molar-refractivity contribution in [1.29, 1.82) is 0 Å². The molecule has 0 saturated carbocycles. The largest absolute Gasteiger partial charge is 0.496 e. The van der Waals surface area contributed by atoms with E-state index in [0.717, 1.165) is 35.4 Å². The minimum atomic E-state index is -0.127. The smallest absolute Gasteiger partial charge is 0.185 e. The first-order valence-corrected chi connectivity index (χ1v) is 11.9. The average Bonchev–Trinajstić information content (AvgIpc) is 3.22. The summed E-state index contributed by atoms with van der Waals surface area (Å²) in [4.78, 5) is 17.7. The van der Waals surface area contributed by atoms with Crippen molar-refractivity contribution in [2.24, 2.45) is 11.8 Å². The van der Waals surface area contributed by atoms with E-state index < -0.39 is 0 Å². The van der Waals surface area contributed by atoms with E-state index in [1.165, 1.54) is 16.7 Å². The van der Waals surface area contributed by atoms with Crippen LogP contribution in [0, 0.1) is 18.8 Å². The summed E-state index contributed by atoms with van der Waals surface area (Å²) in [5.41, 5.74) is 8.06. The van der Waals surface area contributed by atoms with Crippen LogP contribution in [-0.4, -0.2) is 27.5 Å². The van der Waals surface area contributed by atoms with E-state index in [0.29, 0.717) is 17.3 Å². The molecule has 3 aromatic rings. The zero-order chi connectivity index (χ0) is 24.4. The van der Waals surface area contributed by atoms with E-state index in [-0.39, 0.29) is 11.7 Å². The van der Waals surface area contributed by atoms with Crippen LogP contribution in [0.2, 0.25) is 0 Å². The summed E-state index contributed by atoms with van der Waals surface area (Å²) in [5.74, 6) is 1.19. The van der Waals surface area contributed by atoms with Crippen molar-refractivity contribution in [3.05, 3.63) is 82.7 Å². The molecule has 5 nitrogen and oxygen atoms in total. The van der Waals surface area contributed by atoms with Gasteiger partial charge in [0.05, 0.1) is 12.8 Å². The monoisotopic (exact) mass is 455 g/mol. The number of rotatable bonds is 7. The lowest BCUT2D eigenvalue weighted by Crippen LogP contribution is -2.13. The van der Waals surface area contributed by atoms with Crippen molar-refractivity contribution < 1.29 is 9.53 Å². The molecule has 1 aliphatic rings. The number of hydrogen-bond acceptors (Lipinski definition) is 4. The van der Waals surface area contributed by atoms with Crippen LogP contribution < -0.4 is 4.74 Å². The lowest BCUT2D eigenvalue weighted by Gasteiger charge is -2.14. The van der Waals surface area contributed by atoms with Crippen molar-refractivity contribution in [2.75, 3.05) is 7.11 Å². The van der Waals surface area contributed by atoms with Crippen LogP contribution in [0.1, 0.15) is 56.6 Å². The van der Waals surface area contributed by atoms with Crippen LogP contribution >= 0.6 is 0 Å². The maximum absolute atomic E-state index is 13.3. The first kappa shape index (κ1) is 23.7. The molecule has 2 atom stereocenters. The number of benzene rings is 1. The van der Waals surface area contributed by atoms with E-state index in [4.69, 9.17) is 4.74 Å². The number of fused-ring (bicyclic) bond motifs is 1. The Balaban J connectivity index is 1.55. The molecule has 2 aromatic heterocycles. The third kappa shape index (κ3) is 4.74. The van der Waals surface area contributed by atoms with Crippen LogP contribution in [0.25, 0.3) is 16.9 Å². The summed E-state index contributed by atoms with van der Waals surface area (Å²) in [5, 5.41) is 4.67. The van der Waals surface area contributed by atoms with Crippen LogP contribution in [0.15, 0.2) is 71.5 Å². The van der Waals surface area contributed by atoms with Gasteiger partial charge in [0.2, 0.25) is 0 Å². The predicted molar refractivity (Wildman–Crippen MR) is 137 cm³/mol. The van der Waals surface area contributed by atoms with Gasteiger partial charge in [-0.2, -0.15) is 5.10 Å². The summed E-state index contributed by atoms with van der Waals surface area (Å²) in [7, 11) is 1.67. The van der Waals surface area contributed by atoms with Crippen LogP contribution in [0.3, 0.4) is 0 Å². The number of carbonyl (C=O) groups excluding carboxylic acids is 1. The molecule has 4 rings (SSSR count). The molecule has 0 amide bonds. The van der Waals surface area contributed by atoms with Crippen molar-refractivity contribution >= 4 is 11.4 Å². The number of hydrogen-bond donors (Lipinski definition) is 0. The van der Waals surface area contributed by atoms with Crippen LogP contribution in [0.4, 0.5) is 0 Å². The molecular formula is C29H33N3O2. The standard InChI is InChI=1S/C29H33N3O2/c1-18-7-9-23(22(5)20(3)15-18)10-8-19(2)29(33)25-17-28-30-14-13-26(32(28)31-25)24-11-12-27(34-6)21(4)16-24/h7,9,11-17,19-20H,8,10H2,1-6H3. The van der Waals surface area contributed by atoms with Gasteiger partial charge in [-0.1, -0.05) is 43.2 Å². The molecule has 0 bridgehead atoms. The van der Waals surface area contributed by atoms with Gasteiger partial charge in [-0.3, -0.25) is 4.79 Å².